The molecule has 0 bridgehead atoms. The molecule has 1 atom stereocenters. The maximum Gasteiger partial charge on any atom is 0.0637 e. The van der Waals surface area contributed by atoms with Gasteiger partial charge in [0.25, 0.3) is 0 Å². The number of benzene rings is 2. The summed E-state index contributed by atoms with van der Waals surface area (Å²) >= 11 is 15.5. The van der Waals surface area contributed by atoms with E-state index in [2.05, 4.69) is 21.2 Å². The van der Waals surface area contributed by atoms with E-state index in [1.165, 1.54) is 0 Å². The second-order valence-electron chi connectivity index (χ2n) is 4.09. The number of nitrogens with two attached hydrogens (primary N) is 1. The van der Waals surface area contributed by atoms with Crippen molar-refractivity contribution in [2.45, 2.75) is 6.04 Å². The van der Waals surface area contributed by atoms with Gasteiger partial charge in [-0.1, -0.05) is 41.4 Å². The Balaban J connectivity index is 2.25. The van der Waals surface area contributed by atoms with E-state index in [1.807, 2.05) is 36.4 Å². The molecular formula is C14H13BrCl2N2. The zero-order chi connectivity index (χ0) is 13.8. The van der Waals surface area contributed by atoms with Crippen LogP contribution < -0.4 is 11.1 Å². The van der Waals surface area contributed by atoms with Crippen LogP contribution >= 0.6 is 39.1 Å². The van der Waals surface area contributed by atoms with E-state index in [4.69, 9.17) is 28.9 Å². The summed E-state index contributed by atoms with van der Waals surface area (Å²) in [6.07, 6.45) is 0. The fourth-order valence-corrected chi connectivity index (χ4v) is 2.48. The molecule has 5 heteroatoms. The Hall–Kier alpha value is -0.740. The molecule has 19 heavy (non-hydrogen) atoms. The molecule has 0 heterocycles. The van der Waals surface area contributed by atoms with Gasteiger partial charge >= 0.3 is 0 Å². The van der Waals surface area contributed by atoms with Crippen LogP contribution in [0, 0.1) is 0 Å². The smallest absolute Gasteiger partial charge is 0.0637 e. The van der Waals surface area contributed by atoms with E-state index in [0.29, 0.717) is 16.6 Å². The second kappa shape index (κ2) is 6.62. The van der Waals surface area contributed by atoms with Crippen molar-refractivity contribution in [3.63, 3.8) is 0 Å². The van der Waals surface area contributed by atoms with E-state index < -0.39 is 0 Å². The first-order valence-electron chi connectivity index (χ1n) is 5.78. The minimum Gasteiger partial charge on any atom is -0.376 e. The molecule has 2 rings (SSSR count). The lowest BCUT2D eigenvalue weighted by Gasteiger charge is -2.20. The summed E-state index contributed by atoms with van der Waals surface area (Å²) < 4.78 is 0.994. The average molecular weight is 360 g/mol. The molecule has 0 amide bonds. The number of halogens is 3. The SMILES string of the molecule is NCC(Nc1ccccc1Br)c1ccc(Cl)c(Cl)c1. The van der Waals surface area contributed by atoms with E-state index in [1.54, 1.807) is 6.07 Å². The highest BCUT2D eigenvalue weighted by atomic mass is 79.9. The highest BCUT2D eigenvalue weighted by molar-refractivity contribution is 9.10. The van der Waals surface area contributed by atoms with Gasteiger partial charge in [-0.15, -0.1) is 0 Å². The summed E-state index contributed by atoms with van der Waals surface area (Å²) in [5, 5.41) is 4.46. The van der Waals surface area contributed by atoms with Crippen LogP contribution in [0.25, 0.3) is 0 Å². The van der Waals surface area contributed by atoms with Crippen molar-refractivity contribution in [2.24, 2.45) is 5.73 Å². The second-order valence-corrected chi connectivity index (χ2v) is 5.75. The van der Waals surface area contributed by atoms with Gasteiger partial charge in [-0.25, -0.2) is 0 Å². The molecule has 0 aliphatic heterocycles. The van der Waals surface area contributed by atoms with Crippen LogP contribution in [0.3, 0.4) is 0 Å². The first kappa shape index (κ1) is 14.7. The molecule has 2 nitrogen and oxygen atoms in total. The zero-order valence-electron chi connectivity index (χ0n) is 10.0. The maximum atomic E-state index is 6.04. The van der Waals surface area contributed by atoms with Crippen LogP contribution in [0.4, 0.5) is 5.69 Å². The summed E-state index contributed by atoms with van der Waals surface area (Å²) in [6.45, 7) is 0.458. The number of nitrogens with one attached hydrogen (secondary N) is 1. The van der Waals surface area contributed by atoms with Gasteiger partial charge in [0.15, 0.2) is 0 Å². The molecule has 1 unspecified atom stereocenters. The first-order chi connectivity index (χ1) is 9.11. The van der Waals surface area contributed by atoms with E-state index >= 15 is 0 Å². The molecule has 0 aliphatic carbocycles. The molecule has 0 fully saturated rings. The van der Waals surface area contributed by atoms with Crippen LogP contribution in [-0.2, 0) is 0 Å². The Bertz CT molecular complexity index is 575. The van der Waals surface area contributed by atoms with Crippen LogP contribution in [-0.4, -0.2) is 6.54 Å². The minimum absolute atomic E-state index is 0.0199. The van der Waals surface area contributed by atoms with E-state index in [9.17, 15) is 0 Å². The topological polar surface area (TPSA) is 38.0 Å². The van der Waals surface area contributed by atoms with Crippen molar-refractivity contribution in [3.8, 4) is 0 Å². The molecule has 3 N–H and O–H groups in total. The Morgan fingerprint density at radius 3 is 2.47 bits per heavy atom. The standard InChI is InChI=1S/C14H13BrCl2N2/c15-10-3-1-2-4-13(10)19-14(8-18)9-5-6-11(16)12(17)7-9/h1-7,14,19H,8,18H2. The van der Waals surface area contributed by atoms with Crippen molar-refractivity contribution in [1.29, 1.82) is 0 Å². The van der Waals surface area contributed by atoms with Crippen molar-refractivity contribution in [2.75, 3.05) is 11.9 Å². The molecule has 0 radical (unpaired) electrons. The molecule has 0 saturated carbocycles. The molecule has 100 valence electrons. The van der Waals surface area contributed by atoms with Gasteiger partial charge in [0.1, 0.15) is 0 Å². The summed E-state index contributed by atoms with van der Waals surface area (Å²) in [7, 11) is 0. The number of hydrogen-bond donors (Lipinski definition) is 2. The van der Waals surface area contributed by atoms with Gasteiger partial charge in [-0.3, -0.25) is 0 Å². The van der Waals surface area contributed by atoms with Crippen LogP contribution in [0.5, 0.6) is 0 Å². The molecule has 0 spiro atoms. The fourth-order valence-electron chi connectivity index (χ4n) is 1.77. The van der Waals surface area contributed by atoms with Crippen molar-refractivity contribution < 1.29 is 0 Å². The predicted octanol–water partition coefficient (Wildman–Crippen LogP) is 4.87. The molecule has 0 saturated heterocycles. The Labute approximate surface area is 131 Å². The summed E-state index contributed by atoms with van der Waals surface area (Å²) in [6, 6.07) is 13.4. The highest BCUT2D eigenvalue weighted by Crippen LogP contribution is 2.29. The lowest BCUT2D eigenvalue weighted by molar-refractivity contribution is 0.789. The first-order valence-corrected chi connectivity index (χ1v) is 7.33. The molecule has 0 aliphatic rings. The number of rotatable bonds is 4. The average Bonchev–Trinajstić information content (AvgIpc) is 2.41. The minimum atomic E-state index is -0.0199. The van der Waals surface area contributed by atoms with Crippen molar-refractivity contribution in [3.05, 3.63) is 62.5 Å². The third-order valence-electron chi connectivity index (χ3n) is 2.79. The van der Waals surface area contributed by atoms with Gasteiger partial charge in [0, 0.05) is 16.7 Å². The summed E-state index contributed by atoms with van der Waals surface area (Å²) in [5.74, 6) is 0. The van der Waals surface area contributed by atoms with Crippen LogP contribution in [0.2, 0.25) is 10.0 Å². The normalized spacial score (nSPS) is 12.2. The Morgan fingerprint density at radius 1 is 1.11 bits per heavy atom. The van der Waals surface area contributed by atoms with E-state index in [0.717, 1.165) is 15.7 Å². The molecule has 2 aromatic carbocycles. The van der Waals surface area contributed by atoms with Gasteiger partial charge in [-0.05, 0) is 45.8 Å². The fraction of sp³-hybridized carbons (Fsp3) is 0.143. The molecular weight excluding hydrogens is 347 g/mol. The largest absolute Gasteiger partial charge is 0.376 e. The number of hydrogen-bond acceptors (Lipinski definition) is 2. The number of anilines is 1. The lowest BCUT2D eigenvalue weighted by Crippen LogP contribution is -2.20. The predicted molar refractivity (Wildman–Crippen MR) is 86.0 cm³/mol. The third-order valence-corrected chi connectivity index (χ3v) is 4.22. The maximum absolute atomic E-state index is 6.04. The quantitative estimate of drug-likeness (QED) is 0.817. The van der Waals surface area contributed by atoms with Crippen LogP contribution in [0.1, 0.15) is 11.6 Å². The van der Waals surface area contributed by atoms with Crippen molar-refractivity contribution >= 4 is 44.8 Å². The highest BCUT2D eigenvalue weighted by Gasteiger charge is 2.12. The van der Waals surface area contributed by atoms with Gasteiger partial charge in [-0.2, -0.15) is 0 Å². The molecule has 2 aromatic rings. The Morgan fingerprint density at radius 2 is 1.84 bits per heavy atom. The summed E-state index contributed by atoms with van der Waals surface area (Å²) in [5.41, 5.74) is 7.83. The Kier molecular flexibility index (Phi) is 5.11. The van der Waals surface area contributed by atoms with Gasteiger partial charge in [0.2, 0.25) is 0 Å². The van der Waals surface area contributed by atoms with E-state index in [-0.39, 0.29) is 6.04 Å². The molecule has 0 aromatic heterocycles. The summed E-state index contributed by atoms with van der Waals surface area (Å²) in [4.78, 5) is 0. The third kappa shape index (κ3) is 3.63. The zero-order valence-corrected chi connectivity index (χ0v) is 13.1. The van der Waals surface area contributed by atoms with Gasteiger partial charge in [0.05, 0.1) is 16.1 Å². The number of para-hydroxylation sites is 1. The van der Waals surface area contributed by atoms with Crippen LogP contribution in [0.15, 0.2) is 46.9 Å². The lowest BCUT2D eigenvalue weighted by atomic mass is 10.1. The monoisotopic (exact) mass is 358 g/mol. The van der Waals surface area contributed by atoms with Gasteiger partial charge < -0.3 is 11.1 Å². The van der Waals surface area contributed by atoms with Crippen molar-refractivity contribution in [1.82, 2.24) is 0 Å².